The van der Waals surface area contributed by atoms with Crippen LogP contribution in [0.4, 0.5) is 5.00 Å². The third kappa shape index (κ3) is 5.50. The zero-order valence-electron chi connectivity index (χ0n) is 20.4. The lowest BCUT2D eigenvalue weighted by Gasteiger charge is -2.27. The summed E-state index contributed by atoms with van der Waals surface area (Å²) in [5.41, 5.74) is 1.56. The van der Waals surface area contributed by atoms with Crippen LogP contribution in [0.2, 0.25) is 0 Å². The predicted molar refractivity (Wildman–Crippen MR) is 133 cm³/mol. The van der Waals surface area contributed by atoms with Crippen LogP contribution in [0.15, 0.2) is 0 Å². The lowest BCUT2D eigenvalue weighted by Crippen LogP contribution is -2.38. The van der Waals surface area contributed by atoms with Crippen LogP contribution in [0.3, 0.4) is 0 Å². The number of anilines is 1. The van der Waals surface area contributed by atoms with E-state index in [4.69, 9.17) is 4.74 Å². The summed E-state index contributed by atoms with van der Waals surface area (Å²) in [6.07, 6.45) is 15.1. The summed E-state index contributed by atoms with van der Waals surface area (Å²) in [5, 5.41) is 13.4. The molecule has 1 aromatic rings. The molecule has 0 spiro atoms. The molecule has 4 rings (SSSR count). The Morgan fingerprint density at radius 3 is 2.12 bits per heavy atom. The quantitative estimate of drug-likeness (QED) is 0.479. The van der Waals surface area contributed by atoms with Crippen LogP contribution in [-0.2, 0) is 27.2 Å². The van der Waals surface area contributed by atoms with Gasteiger partial charge in [-0.3, -0.25) is 9.59 Å². The van der Waals surface area contributed by atoms with Crippen LogP contribution in [0, 0.1) is 23.7 Å². The molecule has 188 valence electrons. The van der Waals surface area contributed by atoms with Crippen LogP contribution in [-0.4, -0.2) is 29.6 Å². The number of carbonyl (C=O) groups excluding carboxylic acids is 2. The van der Waals surface area contributed by atoms with Crippen molar-refractivity contribution < 1.29 is 24.2 Å². The highest BCUT2D eigenvalue weighted by Gasteiger charge is 2.54. The van der Waals surface area contributed by atoms with E-state index in [1.54, 1.807) is 6.92 Å². The molecule has 7 heteroatoms. The first kappa shape index (κ1) is 25.2. The zero-order valence-corrected chi connectivity index (χ0v) is 21.2. The molecule has 0 saturated heterocycles. The number of ether oxygens (including phenoxy) is 1. The Labute approximate surface area is 206 Å². The topological polar surface area (TPSA) is 92.7 Å². The van der Waals surface area contributed by atoms with Gasteiger partial charge >= 0.3 is 11.9 Å². The van der Waals surface area contributed by atoms with E-state index in [0.717, 1.165) is 56.9 Å². The fraction of sp³-hybridized carbons (Fsp3) is 0.741. The van der Waals surface area contributed by atoms with E-state index in [9.17, 15) is 19.5 Å². The largest absolute Gasteiger partial charge is 0.481 e. The lowest BCUT2D eigenvalue weighted by atomic mass is 9.78. The smallest absolute Gasteiger partial charge is 0.341 e. The SMILES string of the molecule is CCOC(=O)c1c(NC(=O)[C@@H]2[C@@H]3CC[C@@H](C3)[C@@H]2C(=O)O)sc2c1CCCCCCCCCCC2. The minimum absolute atomic E-state index is 0.0933. The average molecular weight is 490 g/mol. The van der Waals surface area contributed by atoms with Crippen LogP contribution in [0.5, 0.6) is 0 Å². The number of carboxylic acid groups (broad SMARTS) is 1. The molecule has 2 N–H and O–H groups in total. The van der Waals surface area contributed by atoms with Crippen molar-refractivity contribution in [1.82, 2.24) is 0 Å². The highest BCUT2D eigenvalue weighted by Crippen LogP contribution is 2.53. The van der Waals surface area contributed by atoms with E-state index in [2.05, 4.69) is 5.32 Å². The molecule has 1 amide bonds. The minimum Gasteiger partial charge on any atom is -0.481 e. The average Bonchev–Trinajstić information content (AvgIpc) is 3.50. The predicted octanol–water partition coefficient (Wildman–Crippen LogP) is 6.22. The highest BCUT2D eigenvalue weighted by atomic mass is 32.1. The molecule has 2 saturated carbocycles. The number of rotatable bonds is 5. The molecule has 3 aliphatic carbocycles. The lowest BCUT2D eigenvalue weighted by molar-refractivity contribution is -0.148. The molecule has 2 fully saturated rings. The van der Waals surface area contributed by atoms with E-state index in [-0.39, 0.29) is 30.3 Å². The Hall–Kier alpha value is -1.89. The molecular formula is C27H39NO5S. The number of aryl methyl sites for hydroxylation is 1. The number of amides is 1. The van der Waals surface area contributed by atoms with Gasteiger partial charge in [-0.15, -0.1) is 11.3 Å². The summed E-state index contributed by atoms with van der Waals surface area (Å²) in [6, 6.07) is 0. The van der Waals surface area contributed by atoms with Crippen LogP contribution >= 0.6 is 11.3 Å². The van der Waals surface area contributed by atoms with Crippen molar-refractivity contribution in [2.75, 3.05) is 11.9 Å². The van der Waals surface area contributed by atoms with Gasteiger partial charge in [-0.05, 0) is 69.3 Å². The number of hydrogen-bond acceptors (Lipinski definition) is 5. The number of carbonyl (C=O) groups is 3. The number of thiophene rings is 1. The first-order chi connectivity index (χ1) is 16.5. The van der Waals surface area contributed by atoms with Crippen molar-refractivity contribution in [3.05, 3.63) is 16.0 Å². The summed E-state index contributed by atoms with van der Waals surface area (Å²) >= 11 is 1.51. The van der Waals surface area contributed by atoms with E-state index < -0.39 is 17.8 Å². The maximum Gasteiger partial charge on any atom is 0.341 e. The first-order valence-corrected chi connectivity index (χ1v) is 14.2. The van der Waals surface area contributed by atoms with Crippen molar-refractivity contribution in [3.8, 4) is 0 Å². The number of carboxylic acids is 1. The normalized spacial score (nSPS) is 27.7. The Bertz CT molecular complexity index is 894. The highest BCUT2D eigenvalue weighted by molar-refractivity contribution is 7.17. The molecule has 1 heterocycles. The van der Waals surface area contributed by atoms with E-state index in [1.165, 1.54) is 54.7 Å². The third-order valence-corrected chi connectivity index (χ3v) is 9.35. The third-order valence-electron chi connectivity index (χ3n) is 8.14. The molecule has 0 radical (unpaired) electrons. The zero-order chi connectivity index (χ0) is 24.1. The second kappa shape index (κ2) is 11.7. The molecule has 0 aromatic carbocycles. The van der Waals surface area contributed by atoms with Gasteiger partial charge < -0.3 is 15.2 Å². The summed E-state index contributed by atoms with van der Waals surface area (Å²) in [6.45, 7) is 2.08. The van der Waals surface area contributed by atoms with Gasteiger partial charge in [0, 0.05) is 4.88 Å². The van der Waals surface area contributed by atoms with Crippen LogP contribution in [0.25, 0.3) is 0 Å². The van der Waals surface area contributed by atoms with Gasteiger partial charge in [-0.2, -0.15) is 0 Å². The Morgan fingerprint density at radius 1 is 0.912 bits per heavy atom. The molecule has 0 unspecified atom stereocenters. The van der Waals surface area contributed by atoms with E-state index in [0.29, 0.717) is 10.6 Å². The molecule has 0 aliphatic heterocycles. The number of hydrogen-bond donors (Lipinski definition) is 2. The van der Waals surface area contributed by atoms with Gasteiger partial charge in [0.2, 0.25) is 5.91 Å². The number of aliphatic carboxylic acids is 1. The van der Waals surface area contributed by atoms with Gasteiger partial charge in [0.1, 0.15) is 5.00 Å². The molecular weight excluding hydrogens is 450 g/mol. The molecule has 34 heavy (non-hydrogen) atoms. The van der Waals surface area contributed by atoms with Crippen molar-refractivity contribution in [3.63, 3.8) is 0 Å². The van der Waals surface area contributed by atoms with E-state index >= 15 is 0 Å². The Morgan fingerprint density at radius 2 is 1.50 bits per heavy atom. The van der Waals surface area contributed by atoms with Crippen molar-refractivity contribution in [2.45, 2.75) is 96.8 Å². The monoisotopic (exact) mass is 489 g/mol. The van der Waals surface area contributed by atoms with Gasteiger partial charge in [0.15, 0.2) is 0 Å². The van der Waals surface area contributed by atoms with Gasteiger partial charge in [-0.1, -0.05) is 44.9 Å². The van der Waals surface area contributed by atoms with E-state index in [1.807, 2.05) is 0 Å². The van der Waals surface area contributed by atoms with Crippen molar-refractivity contribution in [2.24, 2.45) is 23.7 Å². The molecule has 1 aromatic heterocycles. The maximum atomic E-state index is 13.4. The van der Waals surface area contributed by atoms with Gasteiger partial charge in [-0.25, -0.2) is 4.79 Å². The Balaban J connectivity index is 1.61. The molecule has 2 bridgehead atoms. The fourth-order valence-electron chi connectivity index (χ4n) is 6.53. The number of nitrogens with one attached hydrogen (secondary N) is 1. The number of esters is 1. The van der Waals surface area contributed by atoms with Crippen molar-refractivity contribution in [1.29, 1.82) is 0 Å². The standard InChI is InChI=1S/C27H39NO5S/c1-2-33-27(32)23-19-12-10-8-6-4-3-5-7-9-11-13-20(19)34-25(23)28-24(29)21-17-14-15-18(16-17)22(21)26(30)31/h17-18,21-22H,2-16H2,1H3,(H,28,29)(H,30,31)/t17-,18+,21-,22+/m1/s1. The van der Waals surface area contributed by atoms with Crippen LogP contribution < -0.4 is 5.32 Å². The summed E-state index contributed by atoms with van der Waals surface area (Å²) in [4.78, 5) is 39.6. The molecule has 3 aliphatic rings. The second-order valence-electron chi connectivity index (χ2n) is 10.3. The fourth-order valence-corrected chi connectivity index (χ4v) is 7.81. The summed E-state index contributed by atoms with van der Waals surface area (Å²) < 4.78 is 5.42. The Kier molecular flexibility index (Phi) is 8.67. The number of fused-ring (bicyclic) bond motifs is 3. The summed E-state index contributed by atoms with van der Waals surface area (Å²) in [7, 11) is 0. The van der Waals surface area contributed by atoms with Crippen molar-refractivity contribution >= 4 is 34.2 Å². The minimum atomic E-state index is -0.869. The molecule has 6 nitrogen and oxygen atoms in total. The first-order valence-electron chi connectivity index (χ1n) is 13.4. The van der Waals surface area contributed by atoms with Gasteiger partial charge in [0.25, 0.3) is 0 Å². The maximum absolute atomic E-state index is 13.4. The molecule has 4 atom stereocenters. The van der Waals surface area contributed by atoms with Gasteiger partial charge in [0.05, 0.1) is 24.0 Å². The van der Waals surface area contributed by atoms with Crippen LogP contribution in [0.1, 0.15) is 105 Å². The second-order valence-corrected chi connectivity index (χ2v) is 11.4. The summed E-state index contributed by atoms with van der Waals surface area (Å²) in [5.74, 6) is -2.39.